The molecule has 1 aliphatic rings. The predicted octanol–water partition coefficient (Wildman–Crippen LogP) is 2.24. The molecule has 100 valence electrons. The van der Waals surface area contributed by atoms with Gasteiger partial charge in [0.15, 0.2) is 0 Å². The number of esters is 1. The van der Waals surface area contributed by atoms with Gasteiger partial charge in [0.2, 0.25) is 0 Å². The molecule has 0 saturated carbocycles. The van der Waals surface area contributed by atoms with Gasteiger partial charge in [0.25, 0.3) is 0 Å². The molecule has 1 heterocycles. The first-order valence-electron chi connectivity index (χ1n) is 6.16. The maximum Gasteiger partial charge on any atom is 0.315 e. The minimum atomic E-state index is -0.826. The van der Waals surface area contributed by atoms with E-state index in [1.165, 1.54) is 0 Å². The van der Waals surface area contributed by atoms with Gasteiger partial charge in [-0.2, -0.15) is 0 Å². The molecule has 19 heavy (non-hydrogen) atoms. The van der Waals surface area contributed by atoms with E-state index in [4.69, 9.17) is 15.0 Å². The van der Waals surface area contributed by atoms with Crippen molar-refractivity contribution in [1.29, 1.82) is 0 Å². The Morgan fingerprint density at radius 1 is 1.53 bits per heavy atom. The van der Waals surface area contributed by atoms with E-state index < -0.39 is 12.0 Å². The Labute approximate surface area is 111 Å². The second-order valence-corrected chi connectivity index (χ2v) is 4.33. The number of ether oxygens (including phenoxy) is 2. The van der Waals surface area contributed by atoms with Crippen LogP contribution in [0, 0.1) is 0 Å². The summed E-state index contributed by atoms with van der Waals surface area (Å²) in [6, 6.07) is 8.57. The summed E-state index contributed by atoms with van der Waals surface area (Å²) >= 11 is 0. The van der Waals surface area contributed by atoms with Gasteiger partial charge < -0.3 is 9.47 Å². The Bertz CT molecular complexity index is 465. The second-order valence-electron chi connectivity index (χ2n) is 4.33. The summed E-state index contributed by atoms with van der Waals surface area (Å²) < 4.78 is 10.4. The third-order valence-electron chi connectivity index (χ3n) is 2.91. The molecule has 2 rings (SSSR count). The molecule has 0 spiro atoms. The minimum absolute atomic E-state index is 0.223. The lowest BCUT2D eigenvalue weighted by atomic mass is 10.1. The molecule has 1 saturated heterocycles. The van der Waals surface area contributed by atoms with Crippen LogP contribution in [-0.2, 0) is 20.7 Å². The number of hydrogen-bond donors (Lipinski definition) is 0. The molecule has 2 unspecified atom stereocenters. The number of carbonyl (C=O) groups is 1. The maximum atomic E-state index is 12.0. The van der Waals surface area contributed by atoms with E-state index in [-0.39, 0.29) is 6.10 Å². The van der Waals surface area contributed by atoms with Crippen LogP contribution >= 0.6 is 0 Å². The largest absolute Gasteiger partial charge is 0.460 e. The third kappa shape index (κ3) is 3.98. The van der Waals surface area contributed by atoms with Gasteiger partial charge >= 0.3 is 5.97 Å². The van der Waals surface area contributed by atoms with Crippen LogP contribution in [0.5, 0.6) is 0 Å². The molecule has 0 aromatic heterocycles. The minimum Gasteiger partial charge on any atom is -0.460 e. The number of nitrogens with zero attached hydrogens (tertiary/aromatic N) is 3. The first-order chi connectivity index (χ1) is 9.29. The van der Waals surface area contributed by atoms with Crippen molar-refractivity contribution in [1.82, 2.24) is 0 Å². The molecule has 1 aromatic carbocycles. The molecule has 1 fully saturated rings. The zero-order valence-electron chi connectivity index (χ0n) is 10.4. The van der Waals surface area contributed by atoms with Crippen LogP contribution in [-0.4, -0.2) is 31.3 Å². The highest BCUT2D eigenvalue weighted by Crippen LogP contribution is 2.13. The van der Waals surface area contributed by atoms with E-state index in [0.717, 1.165) is 5.56 Å². The van der Waals surface area contributed by atoms with Crippen LogP contribution in [0.25, 0.3) is 10.4 Å². The summed E-state index contributed by atoms with van der Waals surface area (Å²) in [5.74, 6) is -0.489. The Balaban J connectivity index is 1.98. The second kappa shape index (κ2) is 6.78. The predicted molar refractivity (Wildman–Crippen MR) is 68.4 cm³/mol. The molecule has 2 atom stereocenters. The zero-order valence-corrected chi connectivity index (χ0v) is 10.4. The number of carbonyl (C=O) groups excluding carboxylic acids is 1. The lowest BCUT2D eigenvalue weighted by molar-refractivity contribution is -0.150. The van der Waals surface area contributed by atoms with Crippen LogP contribution in [0.1, 0.15) is 12.0 Å². The summed E-state index contributed by atoms with van der Waals surface area (Å²) in [6.07, 6.45) is 0.817. The quantitative estimate of drug-likeness (QED) is 0.352. The van der Waals surface area contributed by atoms with E-state index >= 15 is 0 Å². The molecule has 0 bridgehead atoms. The van der Waals surface area contributed by atoms with E-state index in [0.29, 0.717) is 26.1 Å². The lowest BCUT2D eigenvalue weighted by Gasteiger charge is -2.14. The molecule has 1 aliphatic heterocycles. The Hall–Kier alpha value is -2.04. The fraction of sp³-hybridized carbons (Fsp3) is 0.462. The van der Waals surface area contributed by atoms with Crippen molar-refractivity contribution in [3.8, 4) is 0 Å². The summed E-state index contributed by atoms with van der Waals surface area (Å²) in [6.45, 7) is 1.02. The van der Waals surface area contributed by atoms with Crippen LogP contribution in [0.2, 0.25) is 0 Å². The molecule has 0 radical (unpaired) electrons. The van der Waals surface area contributed by atoms with Crippen molar-refractivity contribution < 1.29 is 14.3 Å². The standard InChI is InChI=1S/C13H15N3O3/c14-16-15-12(8-10-4-2-1-3-5-10)13(17)19-11-6-7-18-9-11/h1-5,11-12H,6-9H2. The fourth-order valence-electron chi connectivity index (χ4n) is 1.92. The summed E-state index contributed by atoms with van der Waals surface area (Å²) in [5.41, 5.74) is 9.48. The van der Waals surface area contributed by atoms with Crippen molar-refractivity contribution in [2.45, 2.75) is 25.0 Å². The maximum absolute atomic E-state index is 12.0. The van der Waals surface area contributed by atoms with E-state index in [1.807, 2.05) is 30.3 Å². The average molecular weight is 261 g/mol. The SMILES string of the molecule is [N-]=[N+]=NC(Cc1ccccc1)C(=O)OC1CCOC1. The monoisotopic (exact) mass is 261 g/mol. The Morgan fingerprint density at radius 3 is 2.95 bits per heavy atom. The number of azide groups is 1. The van der Waals surface area contributed by atoms with Crippen molar-refractivity contribution >= 4 is 5.97 Å². The van der Waals surface area contributed by atoms with Crippen LogP contribution in [0.4, 0.5) is 0 Å². The first kappa shape index (κ1) is 13.4. The van der Waals surface area contributed by atoms with Gasteiger partial charge in [0.05, 0.1) is 13.2 Å². The van der Waals surface area contributed by atoms with E-state index in [1.54, 1.807) is 0 Å². The molecule has 0 amide bonds. The van der Waals surface area contributed by atoms with Gasteiger partial charge in [-0.3, -0.25) is 4.79 Å². The molecule has 6 heteroatoms. The zero-order chi connectivity index (χ0) is 13.5. The van der Waals surface area contributed by atoms with Gasteiger partial charge in [0.1, 0.15) is 12.1 Å². The van der Waals surface area contributed by atoms with Gasteiger partial charge in [-0.15, -0.1) is 0 Å². The highest BCUT2D eigenvalue weighted by Gasteiger charge is 2.25. The molecule has 6 nitrogen and oxygen atoms in total. The summed E-state index contributed by atoms with van der Waals surface area (Å²) in [5, 5.41) is 3.53. The molecule has 1 aromatic rings. The molecular formula is C13H15N3O3. The third-order valence-corrected chi connectivity index (χ3v) is 2.91. The number of hydrogen-bond acceptors (Lipinski definition) is 4. The number of rotatable bonds is 5. The molecule has 0 N–H and O–H groups in total. The Kier molecular flexibility index (Phi) is 4.78. The van der Waals surface area contributed by atoms with Crippen LogP contribution in [0.3, 0.4) is 0 Å². The summed E-state index contributed by atoms with van der Waals surface area (Å²) in [7, 11) is 0. The van der Waals surface area contributed by atoms with Gasteiger partial charge in [-0.25, -0.2) is 0 Å². The lowest BCUT2D eigenvalue weighted by Crippen LogP contribution is -2.28. The van der Waals surface area contributed by atoms with E-state index in [2.05, 4.69) is 10.0 Å². The fourth-order valence-corrected chi connectivity index (χ4v) is 1.92. The van der Waals surface area contributed by atoms with Crippen LogP contribution < -0.4 is 0 Å². The first-order valence-corrected chi connectivity index (χ1v) is 6.16. The normalized spacial score (nSPS) is 19.5. The van der Waals surface area contributed by atoms with E-state index in [9.17, 15) is 4.79 Å². The van der Waals surface area contributed by atoms with Crippen LogP contribution in [0.15, 0.2) is 35.4 Å². The van der Waals surface area contributed by atoms with Gasteiger partial charge in [-0.1, -0.05) is 35.4 Å². The van der Waals surface area contributed by atoms with Gasteiger partial charge in [0, 0.05) is 11.3 Å². The van der Waals surface area contributed by atoms with Gasteiger partial charge in [-0.05, 0) is 17.5 Å². The smallest absolute Gasteiger partial charge is 0.315 e. The topological polar surface area (TPSA) is 84.3 Å². The van der Waals surface area contributed by atoms with Crippen molar-refractivity contribution in [3.05, 3.63) is 46.3 Å². The highest BCUT2D eigenvalue weighted by atomic mass is 16.6. The highest BCUT2D eigenvalue weighted by molar-refractivity contribution is 5.76. The van der Waals surface area contributed by atoms with Crippen molar-refractivity contribution in [2.75, 3.05) is 13.2 Å². The average Bonchev–Trinajstić information content (AvgIpc) is 2.92. The molecule has 0 aliphatic carbocycles. The van der Waals surface area contributed by atoms with Crippen molar-refractivity contribution in [2.24, 2.45) is 5.11 Å². The Morgan fingerprint density at radius 2 is 2.32 bits per heavy atom. The molecular weight excluding hydrogens is 246 g/mol. The van der Waals surface area contributed by atoms with Crippen molar-refractivity contribution in [3.63, 3.8) is 0 Å². The number of benzene rings is 1. The summed E-state index contributed by atoms with van der Waals surface area (Å²) in [4.78, 5) is 14.7.